The number of likely N-dealkylation sites (N-methyl/N-ethyl adjacent to an activating group) is 1. The smallest absolute Gasteiger partial charge is 0.237 e. The molecule has 1 N–H and O–H groups in total. The Hall–Kier alpha value is -1.08. The Morgan fingerprint density at radius 3 is 2.63 bits per heavy atom. The molecular formula is C15H25N3O. The number of nitriles is 1. The first-order valence-electron chi connectivity index (χ1n) is 7.65. The van der Waals surface area contributed by atoms with E-state index in [0.29, 0.717) is 0 Å². The second-order valence-electron chi connectivity index (χ2n) is 5.80. The van der Waals surface area contributed by atoms with E-state index in [1.54, 1.807) is 7.05 Å². The Morgan fingerprint density at radius 2 is 1.89 bits per heavy atom. The molecule has 0 spiro atoms. The first-order chi connectivity index (χ1) is 9.27. The number of nitrogens with one attached hydrogen (secondary N) is 1. The van der Waals surface area contributed by atoms with Crippen LogP contribution in [-0.2, 0) is 4.79 Å². The Labute approximate surface area is 116 Å². The fraction of sp³-hybridized carbons (Fsp3) is 0.867. The van der Waals surface area contributed by atoms with Crippen LogP contribution in [0.2, 0.25) is 0 Å². The Bertz CT molecular complexity index is 350. The number of carbonyl (C=O) groups excluding carboxylic acids is 1. The molecule has 1 saturated carbocycles. The summed E-state index contributed by atoms with van der Waals surface area (Å²) in [6.45, 7) is 0.973. The third-order valence-electron chi connectivity index (χ3n) is 4.66. The van der Waals surface area contributed by atoms with Gasteiger partial charge in [0.15, 0.2) is 0 Å². The van der Waals surface area contributed by atoms with Crippen molar-refractivity contribution in [1.29, 1.82) is 5.26 Å². The monoisotopic (exact) mass is 263 g/mol. The van der Waals surface area contributed by atoms with Crippen molar-refractivity contribution in [3.05, 3.63) is 0 Å². The molecule has 2 rings (SSSR count). The molecule has 3 unspecified atom stereocenters. The molecule has 1 amide bonds. The van der Waals surface area contributed by atoms with Crippen LogP contribution in [0.1, 0.15) is 51.4 Å². The van der Waals surface area contributed by atoms with E-state index in [1.807, 2.05) is 0 Å². The standard InChI is InChI=1S/C15H25N3O/c1-17-15(19)14-9-5-6-10-18(14)13-8-4-2-3-7-12(13)11-16/h12-14H,2-10H2,1H3,(H,17,19). The zero-order chi connectivity index (χ0) is 13.7. The summed E-state index contributed by atoms with van der Waals surface area (Å²) in [5, 5.41) is 12.2. The van der Waals surface area contributed by atoms with E-state index in [-0.39, 0.29) is 23.9 Å². The SMILES string of the molecule is CNC(=O)C1CCCCN1C1CCCCCC1C#N. The van der Waals surface area contributed by atoms with Gasteiger partial charge in [0, 0.05) is 13.1 Å². The lowest BCUT2D eigenvalue weighted by Gasteiger charge is -2.41. The van der Waals surface area contributed by atoms with Gasteiger partial charge in [-0.3, -0.25) is 9.69 Å². The number of nitrogens with zero attached hydrogens (tertiary/aromatic N) is 2. The van der Waals surface area contributed by atoms with Crippen LogP contribution in [0.15, 0.2) is 0 Å². The molecule has 4 nitrogen and oxygen atoms in total. The lowest BCUT2D eigenvalue weighted by molar-refractivity contribution is -0.128. The predicted molar refractivity (Wildman–Crippen MR) is 74.4 cm³/mol. The lowest BCUT2D eigenvalue weighted by atomic mass is 9.90. The molecule has 0 bridgehead atoms. The highest BCUT2D eigenvalue weighted by Crippen LogP contribution is 2.31. The van der Waals surface area contributed by atoms with Gasteiger partial charge in [-0.2, -0.15) is 5.26 Å². The van der Waals surface area contributed by atoms with Crippen LogP contribution in [0, 0.1) is 17.2 Å². The first-order valence-corrected chi connectivity index (χ1v) is 7.65. The normalized spacial score (nSPS) is 33.2. The zero-order valence-electron chi connectivity index (χ0n) is 11.9. The third-order valence-corrected chi connectivity index (χ3v) is 4.66. The lowest BCUT2D eigenvalue weighted by Crippen LogP contribution is -2.54. The molecule has 0 radical (unpaired) electrons. The molecule has 0 aromatic carbocycles. The zero-order valence-corrected chi connectivity index (χ0v) is 11.9. The van der Waals surface area contributed by atoms with Crippen molar-refractivity contribution in [2.24, 2.45) is 5.92 Å². The molecule has 2 fully saturated rings. The minimum atomic E-state index is -0.0160. The number of amides is 1. The molecule has 1 aliphatic carbocycles. The Morgan fingerprint density at radius 1 is 1.16 bits per heavy atom. The molecule has 0 aromatic rings. The van der Waals surface area contributed by atoms with Gasteiger partial charge in [-0.25, -0.2) is 0 Å². The molecule has 1 aliphatic heterocycles. The second-order valence-corrected chi connectivity index (χ2v) is 5.80. The van der Waals surface area contributed by atoms with Gasteiger partial charge < -0.3 is 5.32 Å². The van der Waals surface area contributed by atoms with Gasteiger partial charge in [0.1, 0.15) is 0 Å². The Kier molecular flexibility index (Phi) is 5.21. The molecule has 1 saturated heterocycles. The minimum Gasteiger partial charge on any atom is -0.358 e. The van der Waals surface area contributed by atoms with Gasteiger partial charge >= 0.3 is 0 Å². The summed E-state index contributed by atoms with van der Waals surface area (Å²) in [7, 11) is 1.71. The summed E-state index contributed by atoms with van der Waals surface area (Å²) in [6.07, 6.45) is 8.87. The number of carbonyl (C=O) groups is 1. The molecule has 0 aromatic heterocycles. The summed E-state index contributed by atoms with van der Waals surface area (Å²) in [5.74, 6) is 0.230. The maximum Gasteiger partial charge on any atom is 0.237 e. The fourth-order valence-corrected chi connectivity index (χ4v) is 3.63. The predicted octanol–water partition coefficient (Wildman–Crippen LogP) is 2.06. The van der Waals surface area contributed by atoms with Crippen LogP contribution in [0.4, 0.5) is 0 Å². The van der Waals surface area contributed by atoms with E-state index < -0.39 is 0 Å². The van der Waals surface area contributed by atoms with Crippen LogP contribution < -0.4 is 5.32 Å². The van der Waals surface area contributed by atoms with Crippen LogP contribution in [0.3, 0.4) is 0 Å². The van der Waals surface area contributed by atoms with Crippen molar-refractivity contribution in [3.8, 4) is 6.07 Å². The van der Waals surface area contributed by atoms with Gasteiger partial charge in [-0.15, -0.1) is 0 Å². The van der Waals surface area contributed by atoms with Gasteiger partial charge in [0.2, 0.25) is 5.91 Å². The Balaban J connectivity index is 2.15. The average molecular weight is 263 g/mol. The molecule has 19 heavy (non-hydrogen) atoms. The molecule has 1 heterocycles. The maximum atomic E-state index is 12.1. The van der Waals surface area contributed by atoms with Crippen molar-refractivity contribution in [1.82, 2.24) is 10.2 Å². The fourth-order valence-electron chi connectivity index (χ4n) is 3.63. The highest BCUT2D eigenvalue weighted by atomic mass is 16.2. The molecule has 2 aliphatic rings. The first kappa shape index (κ1) is 14.3. The highest BCUT2D eigenvalue weighted by molar-refractivity contribution is 5.81. The summed E-state index contributed by atoms with van der Waals surface area (Å²) < 4.78 is 0. The summed E-state index contributed by atoms with van der Waals surface area (Å²) in [5.41, 5.74) is 0. The van der Waals surface area contributed by atoms with E-state index in [4.69, 9.17) is 0 Å². The third kappa shape index (κ3) is 3.27. The van der Waals surface area contributed by atoms with Gasteiger partial charge in [-0.05, 0) is 32.2 Å². The maximum absolute atomic E-state index is 12.1. The van der Waals surface area contributed by atoms with Gasteiger partial charge in [0.05, 0.1) is 18.0 Å². The quantitative estimate of drug-likeness (QED) is 0.776. The number of hydrogen-bond acceptors (Lipinski definition) is 3. The van der Waals surface area contributed by atoms with E-state index in [9.17, 15) is 10.1 Å². The van der Waals surface area contributed by atoms with Crippen molar-refractivity contribution in [2.75, 3.05) is 13.6 Å². The van der Waals surface area contributed by atoms with Crippen molar-refractivity contribution >= 4 is 5.91 Å². The number of likely N-dealkylation sites (tertiary alicyclic amines) is 1. The summed E-state index contributed by atoms with van der Waals surface area (Å²) in [6, 6.07) is 2.77. The van der Waals surface area contributed by atoms with Crippen molar-refractivity contribution in [3.63, 3.8) is 0 Å². The number of rotatable bonds is 2. The molecule has 106 valence electrons. The summed E-state index contributed by atoms with van der Waals surface area (Å²) in [4.78, 5) is 14.4. The topological polar surface area (TPSA) is 56.1 Å². The summed E-state index contributed by atoms with van der Waals surface area (Å²) >= 11 is 0. The molecule has 4 heteroatoms. The van der Waals surface area contributed by atoms with Crippen LogP contribution in [0.25, 0.3) is 0 Å². The number of piperidine rings is 1. The van der Waals surface area contributed by atoms with Crippen LogP contribution in [-0.4, -0.2) is 36.5 Å². The molecular weight excluding hydrogens is 238 g/mol. The highest BCUT2D eigenvalue weighted by Gasteiger charge is 2.37. The largest absolute Gasteiger partial charge is 0.358 e. The van der Waals surface area contributed by atoms with Crippen molar-refractivity contribution < 1.29 is 4.79 Å². The van der Waals surface area contributed by atoms with Gasteiger partial charge in [-0.1, -0.05) is 25.7 Å². The molecule has 3 atom stereocenters. The van der Waals surface area contributed by atoms with E-state index in [0.717, 1.165) is 45.1 Å². The van der Waals surface area contributed by atoms with Crippen LogP contribution >= 0.6 is 0 Å². The number of hydrogen-bond donors (Lipinski definition) is 1. The van der Waals surface area contributed by atoms with E-state index >= 15 is 0 Å². The van der Waals surface area contributed by atoms with E-state index in [1.165, 1.54) is 12.8 Å². The van der Waals surface area contributed by atoms with Crippen molar-refractivity contribution in [2.45, 2.75) is 63.5 Å². The van der Waals surface area contributed by atoms with Crippen LogP contribution in [0.5, 0.6) is 0 Å². The second kappa shape index (κ2) is 6.91. The average Bonchev–Trinajstić information content (AvgIpc) is 2.71. The van der Waals surface area contributed by atoms with E-state index in [2.05, 4.69) is 16.3 Å². The minimum absolute atomic E-state index is 0.0160. The van der Waals surface area contributed by atoms with Gasteiger partial charge in [0.25, 0.3) is 0 Å².